The van der Waals surface area contributed by atoms with Crippen LogP contribution in [0.2, 0.25) is 0 Å². The van der Waals surface area contributed by atoms with Gasteiger partial charge < -0.3 is 14.6 Å². The summed E-state index contributed by atoms with van der Waals surface area (Å²) in [5, 5.41) is 9.51. The number of carboxylic acid groups (broad SMARTS) is 1. The zero-order valence-corrected chi connectivity index (χ0v) is 23.0. The highest BCUT2D eigenvalue weighted by molar-refractivity contribution is 5.78. The predicted molar refractivity (Wildman–Crippen MR) is 145 cm³/mol. The molecule has 0 heterocycles. The first-order valence-electron chi connectivity index (χ1n) is 13.9. The summed E-state index contributed by atoms with van der Waals surface area (Å²) in [6, 6.07) is 11.5. The maximum atomic E-state index is 15.7. The average molecular weight is 551 g/mol. The highest BCUT2D eigenvalue weighted by atomic mass is 19.1. The minimum atomic E-state index is -0.978. The number of benzene rings is 3. The Balaban J connectivity index is 1.35. The standard InChI is InChI=1S/C33H33F3O4/c1-32(2)11-4-5-24(32)22-13-18(6-8-20(22)23-14-19(39-3)7-9-26(23)34)17-40-28-15-27(35)21-10-12-33(29(21)30(28)36)16-25(33)31(37)38/h6-9,13-15,24-25H,4-5,10-12,16-17H2,1-3H3,(H,37,38)/t24-,25+,33?/m1/s1. The second-order valence-electron chi connectivity index (χ2n) is 12.3. The van der Waals surface area contributed by atoms with Gasteiger partial charge in [0.15, 0.2) is 11.6 Å². The number of fused-ring (bicyclic) bond motifs is 2. The minimum absolute atomic E-state index is 0.00841. The number of methoxy groups -OCH3 is 1. The Kier molecular flexibility index (Phi) is 6.39. The van der Waals surface area contributed by atoms with Crippen molar-refractivity contribution >= 4 is 5.97 Å². The quantitative estimate of drug-likeness (QED) is 0.325. The molecule has 0 bridgehead atoms. The van der Waals surface area contributed by atoms with Gasteiger partial charge >= 0.3 is 5.97 Å². The van der Waals surface area contributed by atoms with Gasteiger partial charge in [0.05, 0.1) is 13.0 Å². The Morgan fingerprint density at radius 1 is 1.02 bits per heavy atom. The third-order valence-corrected chi connectivity index (χ3v) is 9.58. The van der Waals surface area contributed by atoms with E-state index in [4.69, 9.17) is 9.47 Å². The van der Waals surface area contributed by atoms with E-state index in [1.807, 2.05) is 18.2 Å². The van der Waals surface area contributed by atoms with Gasteiger partial charge in [0, 0.05) is 22.6 Å². The van der Waals surface area contributed by atoms with Crippen molar-refractivity contribution in [2.24, 2.45) is 11.3 Å². The van der Waals surface area contributed by atoms with Crippen LogP contribution in [0.4, 0.5) is 13.2 Å². The van der Waals surface area contributed by atoms with Crippen LogP contribution < -0.4 is 9.47 Å². The lowest BCUT2D eigenvalue weighted by molar-refractivity contribution is -0.139. The van der Waals surface area contributed by atoms with Crippen LogP contribution in [0, 0.1) is 28.8 Å². The fourth-order valence-electron chi connectivity index (χ4n) is 7.30. The van der Waals surface area contributed by atoms with Gasteiger partial charge in [0.25, 0.3) is 0 Å². The van der Waals surface area contributed by atoms with E-state index in [0.717, 1.165) is 42.0 Å². The van der Waals surface area contributed by atoms with Crippen molar-refractivity contribution in [1.82, 2.24) is 0 Å². The van der Waals surface area contributed by atoms with Crippen molar-refractivity contribution in [2.75, 3.05) is 7.11 Å². The summed E-state index contributed by atoms with van der Waals surface area (Å²) in [6.45, 7) is 4.44. The molecule has 3 aromatic carbocycles. The molecule has 6 rings (SSSR count). The summed E-state index contributed by atoms with van der Waals surface area (Å²) >= 11 is 0. The zero-order valence-electron chi connectivity index (χ0n) is 23.0. The van der Waals surface area contributed by atoms with Gasteiger partial charge in [-0.3, -0.25) is 4.79 Å². The minimum Gasteiger partial charge on any atom is -0.497 e. The Bertz CT molecular complexity index is 1510. The Morgan fingerprint density at radius 3 is 2.50 bits per heavy atom. The number of hydrogen-bond acceptors (Lipinski definition) is 3. The molecule has 210 valence electrons. The van der Waals surface area contributed by atoms with Gasteiger partial charge in [-0.15, -0.1) is 0 Å². The molecule has 40 heavy (non-hydrogen) atoms. The van der Waals surface area contributed by atoms with Crippen molar-refractivity contribution in [3.63, 3.8) is 0 Å². The molecule has 3 aliphatic carbocycles. The fraction of sp³-hybridized carbons (Fsp3) is 0.424. The largest absolute Gasteiger partial charge is 0.497 e. The first kappa shape index (κ1) is 26.7. The van der Waals surface area contributed by atoms with Crippen LogP contribution in [0.3, 0.4) is 0 Å². The second kappa shape index (κ2) is 9.57. The molecule has 0 amide bonds. The summed E-state index contributed by atoms with van der Waals surface area (Å²) in [5.41, 5.74) is 2.61. The average Bonchev–Trinajstić information content (AvgIpc) is 3.36. The summed E-state index contributed by atoms with van der Waals surface area (Å²) in [5.74, 6) is -2.70. The smallest absolute Gasteiger partial charge is 0.307 e. The maximum absolute atomic E-state index is 15.7. The van der Waals surface area contributed by atoms with Crippen LogP contribution in [-0.4, -0.2) is 18.2 Å². The van der Waals surface area contributed by atoms with Crippen LogP contribution in [0.25, 0.3) is 11.1 Å². The lowest BCUT2D eigenvalue weighted by atomic mass is 9.75. The number of hydrogen-bond donors (Lipinski definition) is 1. The molecule has 3 aliphatic rings. The van der Waals surface area contributed by atoms with Crippen molar-refractivity contribution in [2.45, 2.75) is 70.3 Å². The molecule has 0 aliphatic heterocycles. The van der Waals surface area contributed by atoms with Crippen LogP contribution >= 0.6 is 0 Å². The molecule has 4 nitrogen and oxygen atoms in total. The topological polar surface area (TPSA) is 55.8 Å². The Labute approximate surface area is 232 Å². The summed E-state index contributed by atoms with van der Waals surface area (Å²) in [7, 11) is 1.55. The first-order valence-corrected chi connectivity index (χ1v) is 13.9. The van der Waals surface area contributed by atoms with Crippen molar-refractivity contribution in [1.29, 1.82) is 0 Å². The number of rotatable bonds is 7. The normalized spacial score (nSPS) is 24.2. The number of carbonyl (C=O) groups is 1. The van der Waals surface area contributed by atoms with Gasteiger partial charge in [-0.2, -0.15) is 0 Å². The van der Waals surface area contributed by atoms with E-state index in [0.29, 0.717) is 30.6 Å². The Hall–Kier alpha value is -3.48. The van der Waals surface area contributed by atoms with Gasteiger partial charge in [-0.05, 0) is 83.9 Å². The fourth-order valence-corrected chi connectivity index (χ4v) is 7.30. The molecule has 3 aromatic rings. The van der Waals surface area contributed by atoms with E-state index in [2.05, 4.69) is 13.8 Å². The van der Waals surface area contributed by atoms with Crippen LogP contribution in [0.5, 0.6) is 11.5 Å². The van der Waals surface area contributed by atoms with Crippen LogP contribution in [0.15, 0.2) is 42.5 Å². The maximum Gasteiger partial charge on any atom is 0.307 e. The molecule has 1 unspecified atom stereocenters. The predicted octanol–water partition coefficient (Wildman–Crippen LogP) is 7.94. The Morgan fingerprint density at radius 2 is 1.82 bits per heavy atom. The van der Waals surface area contributed by atoms with Crippen LogP contribution in [-0.2, 0) is 23.2 Å². The lowest BCUT2D eigenvalue weighted by Gasteiger charge is -2.30. The van der Waals surface area contributed by atoms with Gasteiger partial charge in [0.2, 0.25) is 0 Å². The van der Waals surface area contributed by atoms with Crippen molar-refractivity contribution in [3.05, 3.63) is 82.2 Å². The zero-order chi connectivity index (χ0) is 28.4. The molecule has 2 fully saturated rings. The number of aliphatic carboxylic acids is 1. The molecule has 7 heteroatoms. The van der Waals surface area contributed by atoms with E-state index in [-0.39, 0.29) is 40.6 Å². The second-order valence-corrected chi connectivity index (χ2v) is 12.3. The summed E-state index contributed by atoms with van der Waals surface area (Å²) in [6.07, 6.45) is 4.16. The van der Waals surface area contributed by atoms with E-state index < -0.39 is 28.9 Å². The van der Waals surface area contributed by atoms with E-state index >= 15 is 13.2 Å². The molecule has 2 saturated carbocycles. The highest BCUT2D eigenvalue weighted by Gasteiger charge is 2.63. The van der Waals surface area contributed by atoms with Gasteiger partial charge in [0.1, 0.15) is 24.0 Å². The highest BCUT2D eigenvalue weighted by Crippen LogP contribution is 2.63. The van der Waals surface area contributed by atoms with E-state index in [9.17, 15) is 9.90 Å². The molecular weight excluding hydrogens is 517 g/mol. The van der Waals surface area contributed by atoms with Crippen molar-refractivity contribution < 1.29 is 32.5 Å². The summed E-state index contributed by atoms with van der Waals surface area (Å²) in [4.78, 5) is 11.6. The molecular formula is C33H33F3O4. The number of halogens is 3. The van der Waals surface area contributed by atoms with E-state index in [1.54, 1.807) is 19.2 Å². The van der Waals surface area contributed by atoms with Crippen LogP contribution in [0.1, 0.15) is 74.1 Å². The van der Waals surface area contributed by atoms with E-state index in [1.165, 1.54) is 6.07 Å². The molecule has 0 saturated heterocycles. The lowest BCUT2D eigenvalue weighted by Crippen LogP contribution is -2.17. The molecule has 1 spiro atoms. The molecule has 1 N–H and O–H groups in total. The summed E-state index contributed by atoms with van der Waals surface area (Å²) < 4.78 is 57.0. The monoisotopic (exact) mass is 550 g/mol. The molecule has 3 atom stereocenters. The third-order valence-electron chi connectivity index (χ3n) is 9.58. The van der Waals surface area contributed by atoms with Gasteiger partial charge in [-0.1, -0.05) is 38.5 Å². The number of ether oxygens (including phenoxy) is 2. The number of carboxylic acids is 1. The van der Waals surface area contributed by atoms with Crippen molar-refractivity contribution in [3.8, 4) is 22.6 Å². The molecule has 0 aromatic heterocycles. The first-order chi connectivity index (χ1) is 19.1. The third kappa shape index (κ3) is 4.25. The van der Waals surface area contributed by atoms with Gasteiger partial charge in [-0.25, -0.2) is 13.2 Å². The SMILES string of the molecule is COc1ccc(F)c(-c2ccc(COc3cc(F)c4c(c3F)C3(CC4)C[C@H]3C(=O)O)cc2[C@H]2CCCC2(C)C)c1. The molecule has 0 radical (unpaired) electrons.